The van der Waals surface area contributed by atoms with E-state index in [1.807, 2.05) is 0 Å². The molecule has 4 rings (SSSR count). The van der Waals surface area contributed by atoms with Gasteiger partial charge in [-0.2, -0.15) is 5.10 Å². The number of carbonyl (C=O) groups excluding carboxylic acids is 2. The Balaban J connectivity index is 1.34. The minimum atomic E-state index is -0.586. The first-order valence-electron chi connectivity index (χ1n) is 10.7. The molecule has 1 aliphatic carbocycles. The van der Waals surface area contributed by atoms with E-state index in [0.717, 1.165) is 39.1 Å². The molecule has 1 amide bonds. The monoisotopic (exact) mass is 415 g/mol. The summed E-state index contributed by atoms with van der Waals surface area (Å²) in [4.78, 5) is 31.7. The van der Waals surface area contributed by atoms with Gasteiger partial charge in [-0.1, -0.05) is 19.3 Å². The Labute approximate surface area is 175 Å². The van der Waals surface area contributed by atoms with Crippen LogP contribution in [0.15, 0.2) is 18.5 Å². The number of hydrogen-bond donors (Lipinski definition) is 1. The van der Waals surface area contributed by atoms with Crippen LogP contribution >= 0.6 is 0 Å². The third-order valence-electron chi connectivity index (χ3n) is 6.19. The first-order valence-corrected chi connectivity index (χ1v) is 10.7. The molecule has 162 valence electrons. The molecule has 0 spiro atoms. The lowest BCUT2D eigenvalue weighted by molar-refractivity contribution is -0.125. The van der Waals surface area contributed by atoms with Gasteiger partial charge in [0.15, 0.2) is 12.3 Å². The molecule has 3 heterocycles. The molecular formula is C21H29N5O4. The fourth-order valence-electron chi connectivity index (χ4n) is 4.61. The average molecular weight is 415 g/mol. The van der Waals surface area contributed by atoms with Crippen LogP contribution in [0.2, 0.25) is 0 Å². The quantitative estimate of drug-likeness (QED) is 0.711. The molecule has 9 heteroatoms. The van der Waals surface area contributed by atoms with Gasteiger partial charge in [0.2, 0.25) is 0 Å². The Morgan fingerprint density at radius 3 is 2.77 bits per heavy atom. The SMILES string of the molecule is Cc1nn2cccnc2c1C(=O)OCC(=O)NCC1(N2CCOCC2)CCCCC1. The molecule has 2 aromatic rings. The fraction of sp³-hybridized carbons (Fsp3) is 0.619. The summed E-state index contributed by atoms with van der Waals surface area (Å²) in [6, 6.07) is 1.73. The molecule has 2 aromatic heterocycles. The summed E-state index contributed by atoms with van der Waals surface area (Å²) in [7, 11) is 0. The van der Waals surface area contributed by atoms with Gasteiger partial charge in [0.25, 0.3) is 5.91 Å². The van der Waals surface area contributed by atoms with Crippen LogP contribution in [-0.4, -0.2) is 76.4 Å². The third-order valence-corrected chi connectivity index (χ3v) is 6.19. The molecule has 1 saturated carbocycles. The number of carbonyl (C=O) groups is 2. The van der Waals surface area contributed by atoms with E-state index in [-0.39, 0.29) is 18.1 Å². The number of morpholine rings is 1. The van der Waals surface area contributed by atoms with Crippen molar-refractivity contribution >= 4 is 17.5 Å². The van der Waals surface area contributed by atoms with Crippen molar-refractivity contribution in [3.8, 4) is 0 Å². The van der Waals surface area contributed by atoms with Crippen LogP contribution in [0.1, 0.15) is 48.2 Å². The van der Waals surface area contributed by atoms with E-state index in [2.05, 4.69) is 20.3 Å². The Morgan fingerprint density at radius 1 is 1.23 bits per heavy atom. The highest BCUT2D eigenvalue weighted by Crippen LogP contribution is 2.33. The zero-order valence-electron chi connectivity index (χ0n) is 17.4. The zero-order valence-corrected chi connectivity index (χ0v) is 17.4. The third kappa shape index (κ3) is 4.32. The Kier molecular flexibility index (Phi) is 6.29. The van der Waals surface area contributed by atoms with Crippen molar-refractivity contribution in [3.05, 3.63) is 29.7 Å². The Hall–Kier alpha value is -2.52. The van der Waals surface area contributed by atoms with Gasteiger partial charge in [0, 0.05) is 37.6 Å². The van der Waals surface area contributed by atoms with Crippen molar-refractivity contribution in [2.75, 3.05) is 39.5 Å². The minimum Gasteiger partial charge on any atom is -0.452 e. The van der Waals surface area contributed by atoms with Crippen molar-refractivity contribution in [2.45, 2.75) is 44.6 Å². The number of nitrogens with zero attached hydrogens (tertiary/aromatic N) is 4. The summed E-state index contributed by atoms with van der Waals surface area (Å²) in [5.74, 6) is -0.874. The fourth-order valence-corrected chi connectivity index (χ4v) is 4.61. The number of hydrogen-bond acceptors (Lipinski definition) is 7. The standard InChI is InChI=1S/C21H29N5O4/c1-16-18(19-22-8-5-9-26(19)24-16)20(28)30-14-17(27)23-15-21(6-3-2-4-7-21)25-10-12-29-13-11-25/h5,8-9H,2-4,6-7,10-15H2,1H3,(H,23,27). The molecule has 1 aliphatic heterocycles. The maximum Gasteiger partial charge on any atom is 0.344 e. The van der Waals surface area contributed by atoms with Crippen molar-refractivity contribution in [2.24, 2.45) is 0 Å². The van der Waals surface area contributed by atoms with E-state index >= 15 is 0 Å². The van der Waals surface area contributed by atoms with E-state index < -0.39 is 5.97 Å². The molecule has 0 aromatic carbocycles. The van der Waals surface area contributed by atoms with Crippen LogP contribution in [0, 0.1) is 6.92 Å². The number of ether oxygens (including phenoxy) is 2. The van der Waals surface area contributed by atoms with Gasteiger partial charge in [-0.25, -0.2) is 14.3 Å². The Morgan fingerprint density at radius 2 is 2.00 bits per heavy atom. The van der Waals surface area contributed by atoms with Crippen LogP contribution in [0.5, 0.6) is 0 Å². The van der Waals surface area contributed by atoms with Crippen LogP contribution in [0.25, 0.3) is 5.65 Å². The smallest absolute Gasteiger partial charge is 0.344 e. The normalized spacial score (nSPS) is 19.5. The second-order valence-electron chi connectivity index (χ2n) is 8.09. The second kappa shape index (κ2) is 9.09. The van der Waals surface area contributed by atoms with Gasteiger partial charge >= 0.3 is 5.97 Å². The molecule has 30 heavy (non-hydrogen) atoms. The van der Waals surface area contributed by atoms with Gasteiger partial charge < -0.3 is 14.8 Å². The highest BCUT2D eigenvalue weighted by molar-refractivity contribution is 5.98. The average Bonchev–Trinajstić information content (AvgIpc) is 3.13. The summed E-state index contributed by atoms with van der Waals surface area (Å²) in [6.07, 6.45) is 9.03. The summed E-state index contributed by atoms with van der Waals surface area (Å²) in [5, 5.41) is 7.26. The maximum atomic E-state index is 12.5. The van der Waals surface area contributed by atoms with Gasteiger partial charge in [0.05, 0.1) is 18.9 Å². The van der Waals surface area contributed by atoms with E-state index in [9.17, 15) is 9.59 Å². The first-order chi connectivity index (χ1) is 14.6. The lowest BCUT2D eigenvalue weighted by Crippen LogP contribution is -2.59. The molecule has 0 atom stereocenters. The molecule has 0 unspecified atom stereocenters. The number of nitrogens with one attached hydrogen (secondary N) is 1. The van der Waals surface area contributed by atoms with E-state index in [1.54, 1.807) is 25.4 Å². The van der Waals surface area contributed by atoms with Crippen molar-refractivity contribution < 1.29 is 19.1 Å². The number of amides is 1. The van der Waals surface area contributed by atoms with Crippen molar-refractivity contribution in [3.63, 3.8) is 0 Å². The zero-order chi connectivity index (χ0) is 21.0. The molecule has 2 aliphatic rings. The predicted molar refractivity (Wildman–Crippen MR) is 109 cm³/mol. The molecule has 9 nitrogen and oxygen atoms in total. The van der Waals surface area contributed by atoms with Gasteiger partial charge in [-0.05, 0) is 25.8 Å². The minimum absolute atomic E-state index is 0.0232. The second-order valence-corrected chi connectivity index (χ2v) is 8.09. The van der Waals surface area contributed by atoms with Crippen molar-refractivity contribution in [1.29, 1.82) is 0 Å². The van der Waals surface area contributed by atoms with Crippen LogP contribution in [0.4, 0.5) is 0 Å². The highest BCUT2D eigenvalue weighted by Gasteiger charge is 2.38. The number of esters is 1. The van der Waals surface area contributed by atoms with E-state index in [1.165, 1.54) is 23.8 Å². The lowest BCUT2D eigenvalue weighted by Gasteiger charge is -2.48. The molecule has 0 bridgehead atoms. The number of aryl methyl sites for hydroxylation is 1. The highest BCUT2D eigenvalue weighted by atomic mass is 16.5. The summed E-state index contributed by atoms with van der Waals surface area (Å²) in [6.45, 7) is 5.24. The number of fused-ring (bicyclic) bond motifs is 1. The molecule has 1 N–H and O–H groups in total. The predicted octanol–water partition coefficient (Wildman–Crippen LogP) is 1.35. The first kappa shape index (κ1) is 20.7. The van der Waals surface area contributed by atoms with Gasteiger partial charge in [-0.3, -0.25) is 9.69 Å². The molecule has 0 radical (unpaired) electrons. The number of rotatable bonds is 6. The van der Waals surface area contributed by atoms with Crippen LogP contribution < -0.4 is 5.32 Å². The summed E-state index contributed by atoms with van der Waals surface area (Å²) >= 11 is 0. The van der Waals surface area contributed by atoms with Gasteiger partial charge in [-0.15, -0.1) is 0 Å². The van der Waals surface area contributed by atoms with Crippen LogP contribution in [-0.2, 0) is 14.3 Å². The lowest BCUT2D eigenvalue weighted by atomic mass is 9.79. The number of aromatic nitrogens is 3. The van der Waals surface area contributed by atoms with Gasteiger partial charge in [0.1, 0.15) is 5.56 Å². The maximum absolute atomic E-state index is 12.5. The van der Waals surface area contributed by atoms with Crippen molar-refractivity contribution in [1.82, 2.24) is 24.8 Å². The summed E-state index contributed by atoms with van der Waals surface area (Å²) < 4.78 is 12.3. The Bertz CT molecular complexity index is 900. The molecule has 1 saturated heterocycles. The topological polar surface area (TPSA) is 98.1 Å². The summed E-state index contributed by atoms with van der Waals surface area (Å²) in [5.41, 5.74) is 1.21. The van der Waals surface area contributed by atoms with Crippen LogP contribution in [0.3, 0.4) is 0 Å². The largest absolute Gasteiger partial charge is 0.452 e. The van der Waals surface area contributed by atoms with E-state index in [0.29, 0.717) is 23.4 Å². The van der Waals surface area contributed by atoms with E-state index in [4.69, 9.17) is 9.47 Å². The molecular weight excluding hydrogens is 386 g/mol. The molecule has 2 fully saturated rings.